The molecular weight excluding hydrogens is 350 g/mol. The van der Waals surface area contributed by atoms with Crippen LogP contribution in [0.3, 0.4) is 0 Å². The Hall–Kier alpha value is -3.55. The van der Waals surface area contributed by atoms with Crippen LogP contribution in [0.15, 0.2) is 47.1 Å². The normalized spacial score (nSPS) is 10.3. The molecule has 8 heteroatoms. The number of hydrogen-bond donors (Lipinski definition) is 1. The quantitative estimate of drug-likeness (QED) is 0.684. The highest BCUT2D eigenvalue weighted by molar-refractivity contribution is 5.94. The molecule has 0 radical (unpaired) electrons. The average molecular weight is 369 g/mol. The largest absolute Gasteiger partial charge is 0.497 e. The van der Waals surface area contributed by atoms with E-state index in [4.69, 9.17) is 18.8 Å². The van der Waals surface area contributed by atoms with Gasteiger partial charge in [0.05, 0.1) is 27.8 Å². The van der Waals surface area contributed by atoms with Gasteiger partial charge in [0.15, 0.2) is 17.2 Å². The predicted molar refractivity (Wildman–Crippen MR) is 98.2 cm³/mol. The van der Waals surface area contributed by atoms with Crippen molar-refractivity contribution in [2.24, 2.45) is 0 Å². The van der Waals surface area contributed by atoms with Crippen molar-refractivity contribution < 1.29 is 23.6 Å². The second-order valence-electron chi connectivity index (χ2n) is 5.60. The van der Waals surface area contributed by atoms with E-state index in [0.29, 0.717) is 22.8 Å². The van der Waals surface area contributed by atoms with Crippen molar-refractivity contribution in [1.82, 2.24) is 10.3 Å². The molecule has 0 aliphatic carbocycles. The van der Waals surface area contributed by atoms with Gasteiger partial charge in [-0.25, -0.2) is 4.63 Å². The second kappa shape index (κ2) is 8.22. The van der Waals surface area contributed by atoms with Crippen LogP contribution in [0.4, 0.5) is 5.82 Å². The van der Waals surface area contributed by atoms with Crippen LogP contribution in [0, 0.1) is 0 Å². The summed E-state index contributed by atoms with van der Waals surface area (Å²) < 4.78 is 20.4. The molecule has 0 aliphatic rings. The van der Waals surface area contributed by atoms with E-state index in [2.05, 4.69) is 15.6 Å². The van der Waals surface area contributed by atoms with E-state index in [-0.39, 0.29) is 18.1 Å². The molecule has 0 fully saturated rings. The molecule has 0 saturated heterocycles. The first-order valence-electron chi connectivity index (χ1n) is 8.12. The molecular formula is C19H19N3O5. The van der Waals surface area contributed by atoms with Gasteiger partial charge in [-0.3, -0.25) is 4.79 Å². The zero-order chi connectivity index (χ0) is 19.2. The minimum Gasteiger partial charge on any atom is -0.497 e. The molecule has 2 aromatic carbocycles. The number of methoxy groups -OCH3 is 3. The Bertz CT molecular complexity index is 921. The number of nitrogens with one attached hydrogen (secondary N) is 1. The van der Waals surface area contributed by atoms with E-state index in [1.165, 1.54) is 0 Å². The van der Waals surface area contributed by atoms with Gasteiger partial charge in [-0.05, 0) is 46.2 Å². The third-order valence-corrected chi connectivity index (χ3v) is 3.93. The Labute approximate surface area is 156 Å². The zero-order valence-corrected chi connectivity index (χ0v) is 15.2. The number of amides is 1. The number of nitrogens with zero attached hydrogens (tertiary/aromatic N) is 2. The van der Waals surface area contributed by atoms with Gasteiger partial charge in [-0.15, -0.1) is 0 Å². The highest BCUT2D eigenvalue weighted by Crippen LogP contribution is 2.33. The van der Waals surface area contributed by atoms with Crippen LogP contribution in [-0.2, 0) is 11.2 Å². The first-order chi connectivity index (χ1) is 13.1. The van der Waals surface area contributed by atoms with Crippen LogP contribution in [0.2, 0.25) is 0 Å². The first-order valence-corrected chi connectivity index (χ1v) is 8.12. The van der Waals surface area contributed by atoms with Gasteiger partial charge >= 0.3 is 0 Å². The van der Waals surface area contributed by atoms with Gasteiger partial charge in [-0.2, -0.15) is 0 Å². The number of rotatable bonds is 7. The summed E-state index contributed by atoms with van der Waals surface area (Å²) in [4.78, 5) is 12.3. The van der Waals surface area contributed by atoms with Crippen LogP contribution in [0.25, 0.3) is 11.3 Å². The fraction of sp³-hybridized carbons (Fsp3) is 0.211. The lowest BCUT2D eigenvalue weighted by atomic mass is 10.1. The molecule has 1 amide bonds. The number of carbonyl (C=O) groups excluding carboxylic acids is 1. The highest BCUT2D eigenvalue weighted by atomic mass is 16.6. The molecule has 0 saturated carbocycles. The van der Waals surface area contributed by atoms with Crippen molar-refractivity contribution in [2.45, 2.75) is 6.42 Å². The standard InChI is InChI=1S/C19H19N3O5/c1-24-14-7-4-12(5-8-14)10-17(23)20-19-18(21-27-22-19)13-6-9-15(25-2)16(11-13)26-3/h4-9,11H,10H2,1-3H3,(H,20,22,23). The number of anilines is 1. The molecule has 8 nitrogen and oxygen atoms in total. The summed E-state index contributed by atoms with van der Waals surface area (Å²) in [6, 6.07) is 12.5. The Morgan fingerprint density at radius 3 is 2.37 bits per heavy atom. The van der Waals surface area contributed by atoms with Crippen molar-refractivity contribution in [3.8, 4) is 28.5 Å². The highest BCUT2D eigenvalue weighted by Gasteiger charge is 2.17. The smallest absolute Gasteiger partial charge is 0.230 e. The zero-order valence-electron chi connectivity index (χ0n) is 15.2. The summed E-state index contributed by atoms with van der Waals surface area (Å²) in [5, 5.41) is 10.4. The molecule has 3 rings (SSSR count). The molecule has 0 atom stereocenters. The minimum atomic E-state index is -0.238. The predicted octanol–water partition coefficient (Wildman–Crippen LogP) is 2.94. The van der Waals surface area contributed by atoms with Gasteiger partial charge in [0.2, 0.25) is 11.7 Å². The SMILES string of the molecule is COc1ccc(CC(=O)Nc2nonc2-c2ccc(OC)c(OC)c2)cc1. The third-order valence-electron chi connectivity index (χ3n) is 3.93. The lowest BCUT2D eigenvalue weighted by Crippen LogP contribution is -2.15. The van der Waals surface area contributed by atoms with E-state index >= 15 is 0 Å². The van der Waals surface area contributed by atoms with E-state index in [1.54, 1.807) is 51.7 Å². The van der Waals surface area contributed by atoms with Crippen molar-refractivity contribution in [3.05, 3.63) is 48.0 Å². The number of ether oxygens (including phenoxy) is 3. The molecule has 1 aromatic heterocycles. The number of hydrogen-bond acceptors (Lipinski definition) is 7. The Kier molecular flexibility index (Phi) is 5.55. The topological polar surface area (TPSA) is 95.7 Å². The maximum absolute atomic E-state index is 12.3. The fourth-order valence-electron chi connectivity index (χ4n) is 2.55. The van der Waals surface area contributed by atoms with E-state index in [9.17, 15) is 4.79 Å². The molecule has 0 aliphatic heterocycles. The second-order valence-corrected chi connectivity index (χ2v) is 5.60. The maximum Gasteiger partial charge on any atom is 0.230 e. The van der Waals surface area contributed by atoms with Gasteiger partial charge in [0.25, 0.3) is 0 Å². The molecule has 0 unspecified atom stereocenters. The minimum absolute atomic E-state index is 0.183. The molecule has 1 N–H and O–H groups in total. The Morgan fingerprint density at radius 2 is 1.70 bits per heavy atom. The lowest BCUT2D eigenvalue weighted by Gasteiger charge is -2.09. The third kappa shape index (κ3) is 4.17. The van der Waals surface area contributed by atoms with Crippen molar-refractivity contribution in [1.29, 1.82) is 0 Å². The van der Waals surface area contributed by atoms with E-state index in [0.717, 1.165) is 11.3 Å². The van der Waals surface area contributed by atoms with Gasteiger partial charge in [0.1, 0.15) is 5.75 Å². The van der Waals surface area contributed by atoms with Crippen molar-refractivity contribution in [2.75, 3.05) is 26.6 Å². The Balaban J connectivity index is 1.75. The maximum atomic E-state index is 12.3. The summed E-state index contributed by atoms with van der Waals surface area (Å²) >= 11 is 0. The summed E-state index contributed by atoms with van der Waals surface area (Å²) in [5.74, 6) is 1.85. The summed E-state index contributed by atoms with van der Waals surface area (Å²) in [5.41, 5.74) is 1.92. The summed E-state index contributed by atoms with van der Waals surface area (Å²) in [6.07, 6.45) is 0.183. The molecule has 1 heterocycles. The average Bonchev–Trinajstić information content (AvgIpc) is 3.15. The van der Waals surface area contributed by atoms with Gasteiger partial charge in [-0.1, -0.05) is 12.1 Å². The lowest BCUT2D eigenvalue weighted by molar-refractivity contribution is -0.115. The molecule has 0 spiro atoms. The van der Waals surface area contributed by atoms with Gasteiger partial charge < -0.3 is 19.5 Å². The van der Waals surface area contributed by atoms with Crippen LogP contribution < -0.4 is 19.5 Å². The monoisotopic (exact) mass is 369 g/mol. The molecule has 27 heavy (non-hydrogen) atoms. The number of benzene rings is 2. The first kappa shape index (κ1) is 18.2. The van der Waals surface area contributed by atoms with Gasteiger partial charge in [0, 0.05) is 5.56 Å². The summed E-state index contributed by atoms with van der Waals surface area (Å²) in [7, 11) is 4.69. The fourth-order valence-corrected chi connectivity index (χ4v) is 2.55. The van der Waals surface area contributed by atoms with Crippen LogP contribution >= 0.6 is 0 Å². The molecule has 140 valence electrons. The van der Waals surface area contributed by atoms with Crippen molar-refractivity contribution in [3.63, 3.8) is 0 Å². The Morgan fingerprint density at radius 1 is 0.963 bits per heavy atom. The van der Waals surface area contributed by atoms with E-state index < -0.39 is 0 Å². The number of carbonyl (C=O) groups is 1. The number of aromatic nitrogens is 2. The van der Waals surface area contributed by atoms with Crippen LogP contribution in [0.5, 0.6) is 17.2 Å². The molecule has 3 aromatic rings. The molecule has 0 bridgehead atoms. The van der Waals surface area contributed by atoms with Crippen LogP contribution in [-0.4, -0.2) is 37.5 Å². The van der Waals surface area contributed by atoms with Crippen LogP contribution in [0.1, 0.15) is 5.56 Å². The van der Waals surface area contributed by atoms with E-state index in [1.807, 2.05) is 12.1 Å². The summed E-state index contributed by atoms with van der Waals surface area (Å²) in [6.45, 7) is 0. The van der Waals surface area contributed by atoms with Crippen molar-refractivity contribution >= 4 is 11.7 Å².